The lowest BCUT2D eigenvalue weighted by molar-refractivity contribution is -0.192. The first-order chi connectivity index (χ1) is 13.7. The number of aryl methyl sites for hydroxylation is 1. The second kappa shape index (κ2) is 10.2. The zero-order chi connectivity index (χ0) is 23.3. The number of halogens is 3. The Hall–Kier alpha value is -2.16. The van der Waals surface area contributed by atoms with E-state index in [2.05, 4.69) is 4.98 Å². The molecule has 8 nitrogen and oxygen atoms in total. The number of hydrogen-bond acceptors (Lipinski definition) is 8. The molecular formula is C16H18F3N3O5S3. The summed E-state index contributed by atoms with van der Waals surface area (Å²) in [5, 5.41) is 7.72. The first kappa shape index (κ1) is 25.9. The third kappa shape index (κ3) is 7.27. The largest absolute Gasteiger partial charge is 0.490 e. The number of carboxylic acid groups (broad SMARTS) is 1. The summed E-state index contributed by atoms with van der Waals surface area (Å²) in [4.78, 5) is 26.8. The molecule has 1 unspecified atom stereocenters. The summed E-state index contributed by atoms with van der Waals surface area (Å²) < 4.78 is 58.3. The summed E-state index contributed by atoms with van der Waals surface area (Å²) in [6, 6.07) is 5.99. The highest BCUT2D eigenvalue weighted by Gasteiger charge is 2.38. The second-order valence-corrected chi connectivity index (χ2v) is 9.46. The lowest BCUT2D eigenvalue weighted by Gasteiger charge is -2.06. The lowest BCUT2D eigenvalue weighted by Crippen LogP contribution is -2.31. The first-order valence-corrected chi connectivity index (χ1v) is 11.5. The van der Waals surface area contributed by atoms with E-state index in [1.807, 2.05) is 11.0 Å². The number of thiazole rings is 1. The predicted octanol–water partition coefficient (Wildman–Crippen LogP) is 2.95. The summed E-state index contributed by atoms with van der Waals surface area (Å²) in [7, 11) is -3.94. The molecule has 1 aromatic heterocycles. The molecule has 1 atom stereocenters. The number of amides is 1. The van der Waals surface area contributed by atoms with Gasteiger partial charge in [-0.05, 0) is 44.4 Å². The number of alkyl halides is 3. The molecule has 0 aliphatic carbocycles. The van der Waals surface area contributed by atoms with Crippen molar-refractivity contribution in [2.24, 2.45) is 5.73 Å². The Labute approximate surface area is 178 Å². The van der Waals surface area contributed by atoms with Crippen LogP contribution in [-0.4, -0.2) is 42.8 Å². The molecular weight excluding hydrogens is 467 g/mol. The van der Waals surface area contributed by atoms with Gasteiger partial charge in [-0.3, -0.25) is 4.79 Å². The first-order valence-electron chi connectivity index (χ1n) is 7.93. The van der Waals surface area contributed by atoms with Crippen molar-refractivity contribution in [3.05, 3.63) is 39.8 Å². The number of nitrogens with zero attached hydrogens (tertiary/aromatic N) is 1. The van der Waals surface area contributed by atoms with Crippen molar-refractivity contribution >= 4 is 45.0 Å². The SMILES string of the molecule is CSc1ccc(S(=O)(=O)NC(=O)c2nc(C(C)N)sc2C)cc1.O=C(O)C(F)(F)F. The molecule has 0 saturated carbocycles. The van der Waals surface area contributed by atoms with Gasteiger partial charge >= 0.3 is 12.1 Å². The smallest absolute Gasteiger partial charge is 0.475 e. The molecule has 1 amide bonds. The van der Waals surface area contributed by atoms with Gasteiger partial charge in [0, 0.05) is 9.77 Å². The maximum Gasteiger partial charge on any atom is 0.490 e. The summed E-state index contributed by atoms with van der Waals surface area (Å²) in [6.45, 7) is 3.46. The molecule has 0 bridgehead atoms. The predicted molar refractivity (Wildman–Crippen MR) is 106 cm³/mol. The van der Waals surface area contributed by atoms with E-state index in [1.54, 1.807) is 26.0 Å². The highest BCUT2D eigenvalue weighted by molar-refractivity contribution is 7.98. The zero-order valence-corrected chi connectivity index (χ0v) is 18.3. The van der Waals surface area contributed by atoms with Crippen LogP contribution in [0.2, 0.25) is 0 Å². The minimum Gasteiger partial charge on any atom is -0.475 e. The maximum atomic E-state index is 12.3. The van der Waals surface area contributed by atoms with Crippen molar-refractivity contribution in [3.63, 3.8) is 0 Å². The van der Waals surface area contributed by atoms with Gasteiger partial charge in [0.1, 0.15) is 10.7 Å². The van der Waals surface area contributed by atoms with Crippen molar-refractivity contribution in [3.8, 4) is 0 Å². The molecule has 0 aliphatic rings. The second-order valence-electron chi connectivity index (χ2n) is 5.66. The third-order valence-corrected chi connectivity index (χ3v) is 6.52. The molecule has 1 aromatic carbocycles. The van der Waals surface area contributed by atoms with Crippen LogP contribution in [0, 0.1) is 6.92 Å². The van der Waals surface area contributed by atoms with Gasteiger partial charge in [-0.15, -0.1) is 23.1 Å². The fraction of sp³-hybridized carbons (Fsp3) is 0.312. The van der Waals surface area contributed by atoms with Crippen LogP contribution in [0.5, 0.6) is 0 Å². The molecule has 0 aliphatic heterocycles. The van der Waals surface area contributed by atoms with Crippen LogP contribution in [0.4, 0.5) is 13.2 Å². The van der Waals surface area contributed by atoms with E-state index < -0.39 is 28.1 Å². The number of hydrogen-bond donors (Lipinski definition) is 3. The fourth-order valence-corrected chi connectivity index (χ4v) is 4.04. The van der Waals surface area contributed by atoms with Crippen molar-refractivity contribution < 1.29 is 36.3 Å². The summed E-state index contributed by atoms with van der Waals surface area (Å²) >= 11 is 2.79. The Morgan fingerprint density at radius 1 is 1.27 bits per heavy atom. The van der Waals surface area contributed by atoms with Crippen LogP contribution in [0.15, 0.2) is 34.1 Å². The fourth-order valence-electron chi connectivity index (χ4n) is 1.81. The number of carbonyl (C=O) groups excluding carboxylic acids is 1. The standard InChI is InChI=1S/C14H17N3O3S3.C2HF3O2/c1-8(15)14-16-12(9(2)22-14)13(18)17-23(19,20)11-6-4-10(21-3)5-7-11;3-2(4,5)1(6)7/h4-8H,15H2,1-3H3,(H,17,18);(H,6,7). The van der Waals surface area contributed by atoms with Crippen LogP contribution >= 0.6 is 23.1 Å². The molecule has 0 saturated heterocycles. The number of rotatable bonds is 5. The number of aromatic nitrogens is 1. The molecule has 0 radical (unpaired) electrons. The van der Waals surface area contributed by atoms with Gasteiger partial charge in [-0.25, -0.2) is 22.9 Å². The molecule has 2 aromatic rings. The quantitative estimate of drug-likeness (QED) is 0.549. The van der Waals surface area contributed by atoms with E-state index >= 15 is 0 Å². The Morgan fingerprint density at radius 3 is 2.13 bits per heavy atom. The monoisotopic (exact) mass is 485 g/mol. The number of nitrogens with two attached hydrogens (primary N) is 1. The van der Waals surface area contributed by atoms with E-state index in [0.717, 1.165) is 4.90 Å². The topological polar surface area (TPSA) is 139 Å². The van der Waals surface area contributed by atoms with Crippen LogP contribution in [0.25, 0.3) is 0 Å². The third-order valence-electron chi connectivity index (χ3n) is 3.26. The molecule has 30 heavy (non-hydrogen) atoms. The van der Waals surface area contributed by atoms with E-state index in [1.165, 1.54) is 35.2 Å². The molecule has 0 spiro atoms. The molecule has 14 heteroatoms. The summed E-state index contributed by atoms with van der Waals surface area (Å²) in [6.07, 6.45) is -3.19. The van der Waals surface area contributed by atoms with E-state index in [0.29, 0.717) is 9.88 Å². The van der Waals surface area contributed by atoms with E-state index in [4.69, 9.17) is 15.6 Å². The number of benzene rings is 1. The van der Waals surface area contributed by atoms with Gasteiger partial charge in [0.2, 0.25) is 0 Å². The van der Waals surface area contributed by atoms with Gasteiger partial charge in [0.15, 0.2) is 0 Å². The highest BCUT2D eigenvalue weighted by Crippen LogP contribution is 2.22. The Kier molecular flexibility index (Phi) is 8.83. The van der Waals surface area contributed by atoms with Crippen LogP contribution in [0.1, 0.15) is 33.3 Å². The van der Waals surface area contributed by atoms with Crippen LogP contribution in [0.3, 0.4) is 0 Å². The number of aliphatic carboxylic acids is 1. The Bertz CT molecular complexity index is 1000. The lowest BCUT2D eigenvalue weighted by atomic mass is 10.3. The number of nitrogens with one attached hydrogen (secondary N) is 1. The molecule has 166 valence electrons. The van der Waals surface area contributed by atoms with Gasteiger partial charge in [-0.1, -0.05) is 0 Å². The zero-order valence-electron chi connectivity index (χ0n) is 15.9. The van der Waals surface area contributed by atoms with Crippen molar-refractivity contribution in [1.29, 1.82) is 0 Å². The highest BCUT2D eigenvalue weighted by atomic mass is 32.2. The number of sulfonamides is 1. The van der Waals surface area contributed by atoms with Gasteiger partial charge < -0.3 is 10.8 Å². The molecule has 0 fully saturated rings. The Balaban J connectivity index is 0.000000553. The van der Waals surface area contributed by atoms with Crippen molar-refractivity contribution in [2.45, 2.75) is 35.9 Å². The van der Waals surface area contributed by atoms with Gasteiger partial charge in [0.05, 0.1) is 10.9 Å². The maximum absolute atomic E-state index is 12.3. The van der Waals surface area contributed by atoms with Gasteiger partial charge in [-0.2, -0.15) is 13.2 Å². The van der Waals surface area contributed by atoms with Crippen molar-refractivity contribution in [2.75, 3.05) is 6.26 Å². The average molecular weight is 486 g/mol. The van der Waals surface area contributed by atoms with Crippen LogP contribution < -0.4 is 10.5 Å². The van der Waals surface area contributed by atoms with Crippen molar-refractivity contribution in [1.82, 2.24) is 9.71 Å². The minimum atomic E-state index is -5.08. The van der Waals surface area contributed by atoms with E-state index in [-0.39, 0.29) is 16.6 Å². The normalized spacial score (nSPS) is 12.5. The minimum absolute atomic E-state index is 0.0314. The van der Waals surface area contributed by atoms with Gasteiger partial charge in [0.25, 0.3) is 15.9 Å². The Morgan fingerprint density at radius 2 is 1.77 bits per heavy atom. The number of carbonyl (C=O) groups is 2. The molecule has 2 rings (SSSR count). The summed E-state index contributed by atoms with van der Waals surface area (Å²) in [5.41, 5.74) is 5.83. The average Bonchev–Trinajstić information content (AvgIpc) is 3.03. The van der Waals surface area contributed by atoms with Crippen LogP contribution in [-0.2, 0) is 14.8 Å². The molecule has 1 heterocycles. The van der Waals surface area contributed by atoms with E-state index in [9.17, 15) is 26.4 Å². The molecule has 4 N–H and O–H groups in total. The number of carboxylic acids is 1. The number of thioether (sulfide) groups is 1. The summed E-state index contributed by atoms with van der Waals surface area (Å²) in [5.74, 6) is -3.51.